The first kappa shape index (κ1) is 17.1. The predicted molar refractivity (Wildman–Crippen MR) is 102 cm³/mol. The highest BCUT2D eigenvalue weighted by atomic mass is 35.5. The van der Waals surface area contributed by atoms with Crippen molar-refractivity contribution >= 4 is 23.5 Å². The molecule has 3 nitrogen and oxygen atoms in total. The summed E-state index contributed by atoms with van der Waals surface area (Å²) in [5.74, 6) is 0.251. The van der Waals surface area contributed by atoms with Gasteiger partial charge in [0, 0.05) is 16.8 Å². The summed E-state index contributed by atoms with van der Waals surface area (Å²) in [5.41, 5.74) is 4.04. The Bertz CT molecular complexity index is 935. The van der Waals surface area contributed by atoms with E-state index in [1.165, 1.54) is 0 Å². The molecule has 3 aromatic carbocycles. The van der Waals surface area contributed by atoms with Gasteiger partial charge in [-0.05, 0) is 60.4 Å². The molecule has 4 heteroatoms. The minimum Gasteiger partial charge on any atom is -0.507 e. The predicted octanol–water partition coefficient (Wildman–Crippen LogP) is 5.40. The second-order valence-corrected chi connectivity index (χ2v) is 6.32. The van der Waals surface area contributed by atoms with Crippen molar-refractivity contribution in [3.63, 3.8) is 0 Å². The van der Waals surface area contributed by atoms with Crippen LogP contribution < -0.4 is 0 Å². The molecule has 126 valence electrons. The average Bonchev–Trinajstić information content (AvgIpc) is 2.58. The summed E-state index contributed by atoms with van der Waals surface area (Å²) in [7, 11) is 0. The third-order valence-electron chi connectivity index (χ3n) is 3.92. The van der Waals surface area contributed by atoms with E-state index in [-0.39, 0.29) is 11.5 Å². The van der Waals surface area contributed by atoms with E-state index in [2.05, 4.69) is 4.99 Å². The van der Waals surface area contributed by atoms with Crippen LogP contribution in [0.1, 0.15) is 22.3 Å². The van der Waals surface area contributed by atoms with Gasteiger partial charge in [0.15, 0.2) is 0 Å². The second-order valence-electron chi connectivity index (χ2n) is 5.91. The minimum absolute atomic E-state index is 0.114. The average molecular weight is 352 g/mol. The summed E-state index contributed by atoms with van der Waals surface area (Å²) < 4.78 is 0. The van der Waals surface area contributed by atoms with Crippen LogP contribution in [0.15, 0.2) is 65.7 Å². The molecule has 0 spiro atoms. The fourth-order valence-corrected chi connectivity index (χ4v) is 2.76. The summed E-state index contributed by atoms with van der Waals surface area (Å²) in [6, 6.07) is 18.3. The van der Waals surface area contributed by atoms with Crippen LogP contribution in [0.3, 0.4) is 0 Å². The number of halogens is 1. The van der Waals surface area contributed by atoms with E-state index in [1.807, 2.05) is 49.4 Å². The Hall–Kier alpha value is -2.78. The number of aliphatic imine (C=N–C) groups is 1. The van der Waals surface area contributed by atoms with Crippen LogP contribution in [-0.4, -0.2) is 16.4 Å². The Morgan fingerprint density at radius 3 is 2.52 bits per heavy atom. The first-order chi connectivity index (χ1) is 12.0. The smallest absolute Gasteiger partial charge is 0.141 e. The van der Waals surface area contributed by atoms with Crippen LogP contribution in [-0.2, 0) is 6.42 Å². The highest BCUT2D eigenvalue weighted by Gasteiger charge is 2.05. The van der Waals surface area contributed by atoms with Crippen LogP contribution in [0.5, 0.6) is 11.5 Å². The van der Waals surface area contributed by atoms with E-state index in [4.69, 9.17) is 11.6 Å². The monoisotopic (exact) mass is 351 g/mol. The standard InChI is InChI=1S/C21H18ClNO2/c1-14-6-8-19(21(25)10-14)23-13-17-12-15(7-9-20(17)24)11-16-4-2-3-5-18(16)22/h2-10,12-13,24-25H,11H2,1H3. The molecule has 0 aliphatic carbocycles. The maximum Gasteiger partial charge on any atom is 0.141 e. The Kier molecular flexibility index (Phi) is 5.05. The lowest BCUT2D eigenvalue weighted by molar-refractivity contribution is 0.473. The third-order valence-corrected chi connectivity index (χ3v) is 4.29. The molecule has 0 fully saturated rings. The van der Waals surface area contributed by atoms with Crippen molar-refractivity contribution in [3.05, 3.63) is 87.9 Å². The van der Waals surface area contributed by atoms with Gasteiger partial charge in [-0.3, -0.25) is 4.99 Å². The molecule has 2 N–H and O–H groups in total. The zero-order chi connectivity index (χ0) is 17.8. The molecule has 0 heterocycles. The van der Waals surface area contributed by atoms with E-state index in [1.54, 1.807) is 24.4 Å². The van der Waals surface area contributed by atoms with Crippen LogP contribution in [0.4, 0.5) is 5.69 Å². The summed E-state index contributed by atoms with van der Waals surface area (Å²) in [6.45, 7) is 1.90. The number of nitrogens with zero attached hydrogens (tertiary/aromatic N) is 1. The molecule has 0 bridgehead atoms. The number of benzene rings is 3. The number of rotatable bonds is 4. The number of hydrogen-bond acceptors (Lipinski definition) is 3. The molecule has 3 rings (SSSR count). The number of phenols is 2. The molecule has 0 atom stereocenters. The summed E-state index contributed by atoms with van der Waals surface area (Å²) in [4.78, 5) is 4.28. The molecule has 3 aromatic rings. The third kappa shape index (κ3) is 4.20. The van der Waals surface area contributed by atoms with Crippen LogP contribution in [0, 0.1) is 6.92 Å². The van der Waals surface area contributed by atoms with Crippen molar-refractivity contribution in [2.45, 2.75) is 13.3 Å². The van der Waals surface area contributed by atoms with Gasteiger partial charge in [-0.25, -0.2) is 0 Å². The fraction of sp³-hybridized carbons (Fsp3) is 0.0952. The second kappa shape index (κ2) is 7.41. The molecule has 25 heavy (non-hydrogen) atoms. The van der Waals surface area contributed by atoms with Crippen molar-refractivity contribution in [1.29, 1.82) is 0 Å². The topological polar surface area (TPSA) is 52.8 Å². The Balaban J connectivity index is 1.87. The van der Waals surface area contributed by atoms with E-state index < -0.39 is 0 Å². The van der Waals surface area contributed by atoms with Gasteiger partial charge < -0.3 is 10.2 Å². The first-order valence-corrected chi connectivity index (χ1v) is 8.30. The van der Waals surface area contributed by atoms with Gasteiger partial charge in [-0.1, -0.05) is 41.9 Å². The highest BCUT2D eigenvalue weighted by Crippen LogP contribution is 2.28. The van der Waals surface area contributed by atoms with Crippen LogP contribution >= 0.6 is 11.6 Å². The van der Waals surface area contributed by atoms with Gasteiger partial charge in [0.25, 0.3) is 0 Å². The number of phenolic OH excluding ortho intramolecular Hbond substituents is 2. The Labute approximate surface area is 151 Å². The zero-order valence-electron chi connectivity index (χ0n) is 13.8. The summed E-state index contributed by atoms with van der Waals surface area (Å²) in [5, 5.41) is 20.7. The number of aryl methyl sites for hydroxylation is 1. The molecule has 0 amide bonds. The maximum absolute atomic E-state index is 10.1. The fourth-order valence-electron chi connectivity index (χ4n) is 2.56. The van der Waals surface area contributed by atoms with Gasteiger partial charge in [0.2, 0.25) is 0 Å². The van der Waals surface area contributed by atoms with Crippen molar-refractivity contribution in [1.82, 2.24) is 0 Å². The largest absolute Gasteiger partial charge is 0.507 e. The van der Waals surface area contributed by atoms with Gasteiger partial charge >= 0.3 is 0 Å². The number of aromatic hydroxyl groups is 2. The summed E-state index contributed by atoms with van der Waals surface area (Å²) in [6.07, 6.45) is 2.21. The molecular formula is C21H18ClNO2. The van der Waals surface area contributed by atoms with E-state index in [9.17, 15) is 10.2 Å². The molecule has 0 aliphatic heterocycles. The zero-order valence-corrected chi connectivity index (χ0v) is 14.5. The lowest BCUT2D eigenvalue weighted by Gasteiger charge is -2.07. The van der Waals surface area contributed by atoms with Gasteiger partial charge in [0.1, 0.15) is 17.2 Å². The lowest BCUT2D eigenvalue weighted by Crippen LogP contribution is -1.92. The SMILES string of the molecule is Cc1ccc(N=Cc2cc(Cc3ccccc3Cl)ccc2O)c(O)c1. The molecule has 0 radical (unpaired) electrons. The Morgan fingerprint density at radius 1 is 0.960 bits per heavy atom. The maximum atomic E-state index is 10.1. The number of hydrogen-bond donors (Lipinski definition) is 2. The van der Waals surface area contributed by atoms with Gasteiger partial charge in [-0.2, -0.15) is 0 Å². The highest BCUT2D eigenvalue weighted by molar-refractivity contribution is 6.31. The normalized spacial score (nSPS) is 11.1. The van der Waals surface area contributed by atoms with Gasteiger partial charge in [0.05, 0.1) is 0 Å². The molecule has 0 aromatic heterocycles. The van der Waals surface area contributed by atoms with E-state index in [0.29, 0.717) is 17.7 Å². The molecule has 0 unspecified atom stereocenters. The van der Waals surface area contributed by atoms with Crippen LogP contribution in [0.25, 0.3) is 0 Å². The molecule has 0 aliphatic rings. The van der Waals surface area contributed by atoms with Crippen molar-refractivity contribution in [3.8, 4) is 11.5 Å². The lowest BCUT2D eigenvalue weighted by atomic mass is 10.0. The quantitative estimate of drug-likeness (QED) is 0.618. The minimum atomic E-state index is 0.114. The van der Waals surface area contributed by atoms with Crippen molar-refractivity contribution < 1.29 is 10.2 Å². The van der Waals surface area contributed by atoms with E-state index >= 15 is 0 Å². The van der Waals surface area contributed by atoms with E-state index in [0.717, 1.165) is 21.7 Å². The van der Waals surface area contributed by atoms with Crippen molar-refractivity contribution in [2.24, 2.45) is 4.99 Å². The molecule has 0 saturated heterocycles. The Morgan fingerprint density at radius 2 is 1.76 bits per heavy atom. The summed E-state index contributed by atoms with van der Waals surface area (Å²) >= 11 is 6.21. The first-order valence-electron chi connectivity index (χ1n) is 7.92. The van der Waals surface area contributed by atoms with Crippen molar-refractivity contribution in [2.75, 3.05) is 0 Å². The molecular weight excluding hydrogens is 334 g/mol. The molecule has 0 saturated carbocycles. The van der Waals surface area contributed by atoms with Gasteiger partial charge in [-0.15, -0.1) is 0 Å². The van der Waals surface area contributed by atoms with Crippen LogP contribution in [0.2, 0.25) is 5.02 Å².